The van der Waals surface area contributed by atoms with E-state index < -0.39 is 17.7 Å². The van der Waals surface area contributed by atoms with Crippen molar-refractivity contribution in [3.8, 4) is 0 Å². The van der Waals surface area contributed by atoms with Crippen molar-refractivity contribution in [1.29, 1.82) is 0 Å². The van der Waals surface area contributed by atoms with Gasteiger partial charge in [-0.05, 0) is 38.0 Å². The molecule has 0 aliphatic carbocycles. The van der Waals surface area contributed by atoms with E-state index in [0.29, 0.717) is 19.4 Å². The average molecular weight is 351 g/mol. The van der Waals surface area contributed by atoms with Gasteiger partial charge in [0.1, 0.15) is 6.04 Å². The van der Waals surface area contributed by atoms with E-state index in [1.165, 1.54) is 4.90 Å². The van der Waals surface area contributed by atoms with Gasteiger partial charge in [-0.25, -0.2) is 0 Å². The molecule has 0 saturated carbocycles. The van der Waals surface area contributed by atoms with Crippen LogP contribution in [-0.2, 0) is 19.2 Å². The van der Waals surface area contributed by atoms with Crippen molar-refractivity contribution in [3.63, 3.8) is 0 Å². The second-order valence-corrected chi connectivity index (χ2v) is 7.28. The summed E-state index contributed by atoms with van der Waals surface area (Å²) >= 11 is 0. The van der Waals surface area contributed by atoms with Gasteiger partial charge in [-0.3, -0.25) is 19.2 Å². The fourth-order valence-corrected chi connectivity index (χ4v) is 3.34. The number of ketones is 1. The smallest absolute Gasteiger partial charge is 0.290 e. The highest BCUT2D eigenvalue weighted by molar-refractivity contribution is 6.36. The lowest BCUT2D eigenvalue weighted by Gasteiger charge is -2.32. The van der Waals surface area contributed by atoms with E-state index >= 15 is 0 Å². The zero-order valence-corrected chi connectivity index (χ0v) is 15.3. The number of likely N-dealkylation sites (tertiary alicyclic amines) is 2. The highest BCUT2D eigenvalue weighted by atomic mass is 16.2. The number of hydrogen-bond acceptors (Lipinski definition) is 4. The van der Waals surface area contributed by atoms with E-state index in [-0.39, 0.29) is 30.7 Å². The van der Waals surface area contributed by atoms with Crippen molar-refractivity contribution in [3.05, 3.63) is 0 Å². The second-order valence-electron chi connectivity index (χ2n) is 7.28. The molecule has 140 valence electrons. The Kier molecular flexibility index (Phi) is 6.96. The predicted molar refractivity (Wildman–Crippen MR) is 92.6 cm³/mol. The van der Waals surface area contributed by atoms with E-state index in [2.05, 4.69) is 5.32 Å². The van der Waals surface area contributed by atoms with Crippen LogP contribution >= 0.6 is 0 Å². The molecule has 0 aromatic carbocycles. The Balaban J connectivity index is 1.96. The zero-order valence-electron chi connectivity index (χ0n) is 15.3. The third-order valence-corrected chi connectivity index (χ3v) is 4.86. The maximum absolute atomic E-state index is 12.7. The summed E-state index contributed by atoms with van der Waals surface area (Å²) in [7, 11) is 0. The van der Waals surface area contributed by atoms with Gasteiger partial charge < -0.3 is 15.1 Å². The Bertz CT molecular complexity index is 526. The third-order valence-electron chi connectivity index (χ3n) is 4.86. The number of amides is 3. The van der Waals surface area contributed by atoms with Crippen molar-refractivity contribution in [2.75, 3.05) is 26.2 Å². The molecule has 2 fully saturated rings. The molecule has 0 radical (unpaired) electrons. The number of piperidine rings is 1. The first-order valence-corrected chi connectivity index (χ1v) is 9.30. The molecule has 1 unspecified atom stereocenters. The summed E-state index contributed by atoms with van der Waals surface area (Å²) in [6.45, 7) is 5.50. The number of carbonyl (C=O) groups excluding carboxylic acids is 4. The molecule has 3 amide bonds. The maximum Gasteiger partial charge on any atom is 0.290 e. The monoisotopic (exact) mass is 351 g/mol. The number of nitrogens with zero attached hydrogens (tertiary/aromatic N) is 2. The largest absolute Gasteiger partial charge is 0.343 e. The van der Waals surface area contributed by atoms with Crippen LogP contribution in [0.5, 0.6) is 0 Å². The van der Waals surface area contributed by atoms with Crippen LogP contribution in [0, 0.1) is 5.92 Å². The molecule has 1 atom stereocenters. The number of Topliss-reactive ketones (excluding diaryl/α,β-unsaturated/α-hetero) is 1. The number of rotatable bonds is 5. The summed E-state index contributed by atoms with van der Waals surface area (Å²) in [5, 5.41) is 2.78. The van der Waals surface area contributed by atoms with E-state index in [1.807, 2.05) is 18.7 Å². The third kappa shape index (κ3) is 5.28. The molecule has 2 aliphatic rings. The second kappa shape index (κ2) is 8.97. The fraction of sp³-hybridized carbons (Fsp3) is 0.778. The topological polar surface area (TPSA) is 86.8 Å². The van der Waals surface area contributed by atoms with Crippen LogP contribution in [0.15, 0.2) is 0 Å². The molecule has 2 aliphatic heterocycles. The van der Waals surface area contributed by atoms with Crippen LogP contribution in [0.4, 0.5) is 0 Å². The first kappa shape index (κ1) is 19.4. The zero-order chi connectivity index (χ0) is 18.4. The van der Waals surface area contributed by atoms with Crippen molar-refractivity contribution in [2.45, 2.75) is 58.4 Å². The molecule has 0 aromatic heterocycles. The minimum atomic E-state index is -0.594. The minimum Gasteiger partial charge on any atom is -0.343 e. The maximum atomic E-state index is 12.7. The quantitative estimate of drug-likeness (QED) is 0.740. The average Bonchev–Trinajstić information content (AvgIpc) is 2.75. The molecule has 2 rings (SSSR count). The van der Waals surface area contributed by atoms with Crippen LogP contribution in [0.25, 0.3) is 0 Å². The van der Waals surface area contributed by atoms with Crippen LogP contribution in [0.1, 0.15) is 52.4 Å². The lowest BCUT2D eigenvalue weighted by Crippen LogP contribution is -2.54. The summed E-state index contributed by atoms with van der Waals surface area (Å²) in [6, 6.07) is -0.594. The van der Waals surface area contributed by atoms with Gasteiger partial charge in [-0.2, -0.15) is 0 Å². The van der Waals surface area contributed by atoms with Gasteiger partial charge in [0, 0.05) is 26.1 Å². The normalized spacial score (nSPS) is 20.4. The summed E-state index contributed by atoms with van der Waals surface area (Å²) < 4.78 is 0. The molecule has 0 spiro atoms. The Hall–Kier alpha value is -1.92. The van der Waals surface area contributed by atoms with Gasteiger partial charge >= 0.3 is 0 Å². The fourth-order valence-electron chi connectivity index (χ4n) is 3.34. The van der Waals surface area contributed by atoms with Gasteiger partial charge in [0.2, 0.25) is 17.6 Å². The Morgan fingerprint density at radius 2 is 1.64 bits per heavy atom. The molecule has 7 heteroatoms. The lowest BCUT2D eigenvalue weighted by atomic mass is 10.0. The molecule has 0 aromatic rings. The van der Waals surface area contributed by atoms with Crippen molar-refractivity contribution in [2.24, 2.45) is 5.92 Å². The summed E-state index contributed by atoms with van der Waals surface area (Å²) in [5.41, 5.74) is 0. The molecule has 2 heterocycles. The van der Waals surface area contributed by atoms with Gasteiger partial charge in [0.15, 0.2) is 0 Å². The van der Waals surface area contributed by atoms with Crippen LogP contribution in [-0.4, -0.2) is 65.5 Å². The summed E-state index contributed by atoms with van der Waals surface area (Å²) in [5.74, 6) is -1.50. The summed E-state index contributed by atoms with van der Waals surface area (Å²) in [6.07, 6.45) is 4.76. The van der Waals surface area contributed by atoms with Gasteiger partial charge in [-0.15, -0.1) is 0 Å². The SMILES string of the molecule is CC(C)C(NC(=O)CN1CCCCC(=O)C1=O)C(=O)N1CCCCC1. The van der Waals surface area contributed by atoms with E-state index in [0.717, 1.165) is 32.4 Å². The molecule has 2 saturated heterocycles. The first-order chi connectivity index (χ1) is 11.9. The molecule has 7 nitrogen and oxygen atoms in total. The number of hydrogen-bond donors (Lipinski definition) is 1. The molecule has 1 N–H and O–H groups in total. The number of carbonyl (C=O) groups is 4. The van der Waals surface area contributed by atoms with Crippen LogP contribution in [0.2, 0.25) is 0 Å². The lowest BCUT2D eigenvalue weighted by molar-refractivity contribution is -0.146. The molecular weight excluding hydrogens is 322 g/mol. The van der Waals surface area contributed by atoms with Crippen LogP contribution < -0.4 is 5.32 Å². The van der Waals surface area contributed by atoms with Gasteiger partial charge in [0.25, 0.3) is 5.91 Å². The number of nitrogens with one attached hydrogen (secondary N) is 1. The van der Waals surface area contributed by atoms with E-state index in [4.69, 9.17) is 0 Å². The van der Waals surface area contributed by atoms with Crippen molar-refractivity contribution < 1.29 is 19.2 Å². The first-order valence-electron chi connectivity index (χ1n) is 9.30. The Morgan fingerprint density at radius 3 is 2.28 bits per heavy atom. The minimum absolute atomic E-state index is 0.0418. The van der Waals surface area contributed by atoms with Gasteiger partial charge in [-0.1, -0.05) is 13.8 Å². The Morgan fingerprint density at radius 1 is 1.00 bits per heavy atom. The Labute approximate surface area is 149 Å². The standard InChI is InChI=1S/C18H29N3O4/c1-13(2)16(18(25)20-9-5-3-6-10-20)19-15(23)12-21-11-7-4-8-14(22)17(21)24/h13,16H,3-12H2,1-2H3,(H,19,23). The highest BCUT2D eigenvalue weighted by Crippen LogP contribution is 2.14. The van der Waals surface area contributed by atoms with Crippen molar-refractivity contribution >= 4 is 23.5 Å². The van der Waals surface area contributed by atoms with Crippen LogP contribution in [0.3, 0.4) is 0 Å². The van der Waals surface area contributed by atoms with Gasteiger partial charge in [0.05, 0.1) is 6.54 Å². The molecular formula is C18H29N3O4. The van der Waals surface area contributed by atoms with E-state index in [9.17, 15) is 19.2 Å². The van der Waals surface area contributed by atoms with Crippen molar-refractivity contribution in [1.82, 2.24) is 15.1 Å². The molecule has 0 bridgehead atoms. The van der Waals surface area contributed by atoms with E-state index in [1.54, 1.807) is 0 Å². The summed E-state index contributed by atoms with van der Waals surface area (Å²) in [4.78, 5) is 51.9. The highest BCUT2D eigenvalue weighted by Gasteiger charge is 2.31. The predicted octanol–water partition coefficient (Wildman–Crippen LogP) is 0.721. The molecule has 25 heavy (non-hydrogen) atoms.